The molecule has 5 aromatic rings. The standard InChI is InChI=1S/C24H22ClN7O/c1-3-16(29-22-20-21(28-12-27-20)30-24(26)31-22)18-11-14-8-6-9-15(25)19(14)23(33)32(18)17-10-5-4-7-13(17)2/h4-12,16H,3H2,1-2H3,(H4,26,27,28,29,30,31)/t16-/m0/s1. The van der Waals surface area contributed by atoms with Gasteiger partial charge in [0.1, 0.15) is 5.52 Å². The van der Waals surface area contributed by atoms with Crippen LogP contribution in [0.5, 0.6) is 0 Å². The van der Waals surface area contributed by atoms with Gasteiger partial charge in [-0.25, -0.2) is 4.98 Å². The molecule has 4 N–H and O–H groups in total. The van der Waals surface area contributed by atoms with Crippen LogP contribution in [0, 0.1) is 6.92 Å². The van der Waals surface area contributed by atoms with Crippen molar-refractivity contribution in [2.24, 2.45) is 0 Å². The van der Waals surface area contributed by atoms with Gasteiger partial charge >= 0.3 is 0 Å². The number of nitrogens with two attached hydrogens (primary N) is 1. The van der Waals surface area contributed by atoms with E-state index < -0.39 is 0 Å². The predicted octanol–water partition coefficient (Wildman–Crippen LogP) is 4.76. The highest BCUT2D eigenvalue weighted by Gasteiger charge is 2.22. The quantitative estimate of drug-likeness (QED) is 0.349. The van der Waals surface area contributed by atoms with Crippen LogP contribution in [0.25, 0.3) is 27.6 Å². The van der Waals surface area contributed by atoms with Gasteiger partial charge in [-0.3, -0.25) is 9.36 Å². The second kappa shape index (κ2) is 8.22. The number of aromatic nitrogens is 5. The third-order valence-corrected chi connectivity index (χ3v) is 6.07. The van der Waals surface area contributed by atoms with E-state index >= 15 is 0 Å². The molecule has 8 nitrogen and oxygen atoms in total. The van der Waals surface area contributed by atoms with Crippen LogP contribution in [-0.4, -0.2) is 24.5 Å². The molecular weight excluding hydrogens is 438 g/mol. The van der Waals surface area contributed by atoms with Gasteiger partial charge in [-0.05, 0) is 42.5 Å². The number of aromatic amines is 1. The summed E-state index contributed by atoms with van der Waals surface area (Å²) in [6.45, 7) is 4.02. The molecule has 5 rings (SSSR count). The van der Waals surface area contributed by atoms with Crippen LogP contribution in [0.1, 0.15) is 30.6 Å². The fourth-order valence-corrected chi connectivity index (χ4v) is 4.43. The molecule has 0 aliphatic carbocycles. The second-order valence-corrected chi connectivity index (χ2v) is 8.24. The van der Waals surface area contributed by atoms with E-state index in [2.05, 4.69) is 25.3 Å². The zero-order valence-corrected chi connectivity index (χ0v) is 18.9. The summed E-state index contributed by atoms with van der Waals surface area (Å²) in [5, 5.41) is 5.14. The summed E-state index contributed by atoms with van der Waals surface area (Å²) in [6, 6.07) is 15.0. The van der Waals surface area contributed by atoms with Gasteiger partial charge in [0.25, 0.3) is 5.56 Å². The molecule has 0 saturated heterocycles. The van der Waals surface area contributed by atoms with Crippen molar-refractivity contribution < 1.29 is 0 Å². The molecule has 2 aromatic carbocycles. The number of pyridine rings is 1. The zero-order chi connectivity index (χ0) is 23.1. The fourth-order valence-electron chi connectivity index (χ4n) is 4.16. The smallest absolute Gasteiger partial charge is 0.264 e. The summed E-state index contributed by atoms with van der Waals surface area (Å²) >= 11 is 6.46. The molecule has 0 unspecified atom stereocenters. The van der Waals surface area contributed by atoms with Gasteiger partial charge < -0.3 is 16.0 Å². The molecule has 0 amide bonds. The van der Waals surface area contributed by atoms with Gasteiger partial charge in [-0.15, -0.1) is 0 Å². The minimum atomic E-state index is -0.269. The molecule has 0 bridgehead atoms. The molecule has 1 atom stereocenters. The number of imidazole rings is 1. The van der Waals surface area contributed by atoms with E-state index in [1.807, 2.05) is 56.3 Å². The maximum atomic E-state index is 13.8. The maximum Gasteiger partial charge on any atom is 0.264 e. The summed E-state index contributed by atoms with van der Waals surface area (Å²) in [7, 11) is 0. The molecule has 0 aliphatic rings. The number of fused-ring (bicyclic) bond motifs is 2. The number of anilines is 2. The summed E-state index contributed by atoms with van der Waals surface area (Å²) in [5.41, 5.74) is 9.42. The minimum Gasteiger partial charge on any atom is -0.368 e. The van der Waals surface area contributed by atoms with Gasteiger partial charge in [0.2, 0.25) is 5.95 Å². The SMILES string of the molecule is CC[C@H](Nc1nc(N)nc2[nH]cnc12)c1cc2cccc(Cl)c2c(=O)n1-c1ccccc1C. The van der Waals surface area contributed by atoms with Crippen LogP contribution in [0.3, 0.4) is 0 Å². The Balaban J connectivity index is 1.77. The lowest BCUT2D eigenvalue weighted by atomic mass is 10.0. The van der Waals surface area contributed by atoms with Crippen molar-refractivity contribution in [3.8, 4) is 5.69 Å². The lowest BCUT2D eigenvalue weighted by molar-refractivity contribution is 0.688. The molecule has 0 fully saturated rings. The van der Waals surface area contributed by atoms with Crippen LogP contribution < -0.4 is 16.6 Å². The highest BCUT2D eigenvalue weighted by molar-refractivity contribution is 6.35. The van der Waals surface area contributed by atoms with Crippen LogP contribution in [-0.2, 0) is 0 Å². The first-order chi connectivity index (χ1) is 16.0. The molecule has 33 heavy (non-hydrogen) atoms. The molecule has 0 spiro atoms. The van der Waals surface area contributed by atoms with Gasteiger partial charge in [-0.1, -0.05) is 48.9 Å². The number of aryl methyl sites for hydroxylation is 1. The average molecular weight is 460 g/mol. The predicted molar refractivity (Wildman–Crippen MR) is 132 cm³/mol. The third-order valence-electron chi connectivity index (χ3n) is 5.75. The second-order valence-electron chi connectivity index (χ2n) is 7.84. The van der Waals surface area contributed by atoms with Crippen molar-refractivity contribution in [1.29, 1.82) is 0 Å². The van der Waals surface area contributed by atoms with Crippen LogP contribution in [0.2, 0.25) is 5.02 Å². The Hall–Kier alpha value is -3.91. The molecular formula is C24H22ClN7O. The van der Waals surface area contributed by atoms with Gasteiger partial charge in [-0.2, -0.15) is 9.97 Å². The third kappa shape index (κ3) is 3.58. The Morgan fingerprint density at radius 3 is 2.79 bits per heavy atom. The molecule has 0 radical (unpaired) electrons. The van der Waals surface area contributed by atoms with Crippen LogP contribution >= 0.6 is 11.6 Å². The molecule has 0 aliphatic heterocycles. The van der Waals surface area contributed by atoms with E-state index in [1.54, 1.807) is 17.0 Å². The van der Waals surface area contributed by atoms with E-state index in [-0.39, 0.29) is 17.5 Å². The maximum absolute atomic E-state index is 13.8. The number of nitrogen functional groups attached to an aromatic ring is 1. The van der Waals surface area contributed by atoms with Crippen molar-refractivity contribution in [3.63, 3.8) is 0 Å². The topological polar surface area (TPSA) is 115 Å². The Morgan fingerprint density at radius 1 is 1.18 bits per heavy atom. The first-order valence-corrected chi connectivity index (χ1v) is 11.0. The zero-order valence-electron chi connectivity index (χ0n) is 18.1. The van der Waals surface area contributed by atoms with E-state index in [0.717, 1.165) is 22.3 Å². The van der Waals surface area contributed by atoms with Crippen LogP contribution in [0.4, 0.5) is 11.8 Å². The number of hydrogen-bond acceptors (Lipinski definition) is 6. The van der Waals surface area contributed by atoms with E-state index in [4.69, 9.17) is 17.3 Å². The summed E-state index contributed by atoms with van der Waals surface area (Å²) in [5.74, 6) is 0.631. The Morgan fingerprint density at radius 2 is 2.00 bits per heavy atom. The lowest BCUT2D eigenvalue weighted by Crippen LogP contribution is -2.27. The Kier molecular flexibility index (Phi) is 5.22. The van der Waals surface area contributed by atoms with Crippen molar-refractivity contribution in [2.45, 2.75) is 26.3 Å². The highest BCUT2D eigenvalue weighted by atomic mass is 35.5. The molecule has 3 heterocycles. The number of halogens is 1. The molecule has 0 saturated carbocycles. The number of hydrogen-bond donors (Lipinski definition) is 3. The first-order valence-electron chi connectivity index (χ1n) is 10.6. The van der Waals surface area contributed by atoms with Crippen molar-refractivity contribution in [3.05, 3.63) is 81.5 Å². The summed E-state index contributed by atoms with van der Waals surface area (Å²) in [4.78, 5) is 29.7. The average Bonchev–Trinajstić information content (AvgIpc) is 3.26. The van der Waals surface area contributed by atoms with Crippen molar-refractivity contribution in [2.75, 3.05) is 11.1 Å². The first kappa shape index (κ1) is 21.0. The Labute approximate surface area is 194 Å². The lowest BCUT2D eigenvalue weighted by Gasteiger charge is -2.24. The number of nitrogens with one attached hydrogen (secondary N) is 2. The van der Waals surface area contributed by atoms with E-state index in [0.29, 0.717) is 33.8 Å². The summed E-state index contributed by atoms with van der Waals surface area (Å²) in [6.07, 6.45) is 2.22. The number of H-pyrrole nitrogens is 1. The number of rotatable bonds is 5. The highest BCUT2D eigenvalue weighted by Crippen LogP contribution is 2.30. The summed E-state index contributed by atoms with van der Waals surface area (Å²) < 4.78 is 1.73. The van der Waals surface area contributed by atoms with E-state index in [9.17, 15) is 4.79 Å². The van der Waals surface area contributed by atoms with Gasteiger partial charge in [0.15, 0.2) is 11.5 Å². The number of para-hydroxylation sites is 1. The Bertz CT molecular complexity index is 1560. The molecule has 3 aromatic heterocycles. The number of nitrogens with zero attached hydrogens (tertiary/aromatic N) is 4. The minimum absolute atomic E-state index is 0.130. The molecule has 9 heteroatoms. The normalized spacial score (nSPS) is 12.3. The largest absolute Gasteiger partial charge is 0.368 e. The monoisotopic (exact) mass is 459 g/mol. The van der Waals surface area contributed by atoms with Crippen LogP contribution in [0.15, 0.2) is 59.7 Å². The molecule has 166 valence electrons. The van der Waals surface area contributed by atoms with Crippen molar-refractivity contribution in [1.82, 2.24) is 24.5 Å². The number of benzene rings is 2. The van der Waals surface area contributed by atoms with E-state index in [1.165, 1.54) is 0 Å². The van der Waals surface area contributed by atoms with Gasteiger partial charge in [0, 0.05) is 5.69 Å². The fraction of sp³-hybridized carbons (Fsp3) is 0.167. The van der Waals surface area contributed by atoms with Crippen molar-refractivity contribution >= 4 is 45.3 Å². The van der Waals surface area contributed by atoms with Gasteiger partial charge in [0.05, 0.1) is 28.5 Å².